The van der Waals surface area contributed by atoms with E-state index in [4.69, 9.17) is 11.6 Å². The van der Waals surface area contributed by atoms with Crippen LogP contribution in [0.5, 0.6) is 0 Å². The Morgan fingerprint density at radius 3 is 2.62 bits per heavy atom. The number of nitrogens with one attached hydrogen (secondary N) is 2. The van der Waals surface area contributed by atoms with Crippen molar-refractivity contribution in [1.82, 2.24) is 20.3 Å². The number of halogens is 1. The third kappa shape index (κ3) is 5.63. The highest BCUT2D eigenvalue weighted by molar-refractivity contribution is 6.29. The van der Waals surface area contributed by atoms with E-state index in [1.54, 1.807) is 12.1 Å². The maximum atomic E-state index is 12.5. The monoisotopic (exact) mass is 413 g/mol. The van der Waals surface area contributed by atoms with Gasteiger partial charge in [-0.2, -0.15) is 0 Å². The molecule has 1 aromatic heterocycles. The van der Waals surface area contributed by atoms with Gasteiger partial charge < -0.3 is 10.4 Å². The first-order valence-corrected chi connectivity index (χ1v) is 9.29. The predicted octanol–water partition coefficient (Wildman–Crippen LogP) is 2.45. The smallest absolute Gasteiger partial charge is 0.321 e. The topological polar surface area (TPSA) is 109 Å². The third-order valence-corrected chi connectivity index (χ3v) is 4.40. The predicted molar refractivity (Wildman–Crippen MR) is 109 cm³/mol. The van der Waals surface area contributed by atoms with Gasteiger partial charge in [0, 0.05) is 0 Å². The Kier molecular flexibility index (Phi) is 6.58. The van der Waals surface area contributed by atoms with Crippen molar-refractivity contribution in [2.45, 2.75) is 19.4 Å². The second-order valence-corrected chi connectivity index (χ2v) is 6.90. The summed E-state index contributed by atoms with van der Waals surface area (Å²) in [4.78, 5) is 24.0. The van der Waals surface area contributed by atoms with Gasteiger partial charge in [-0.1, -0.05) is 53.2 Å². The van der Waals surface area contributed by atoms with E-state index in [-0.39, 0.29) is 24.0 Å². The van der Waals surface area contributed by atoms with Gasteiger partial charge in [-0.15, -0.1) is 5.10 Å². The number of carbonyl (C=O) groups excluding carboxylic acids is 1. The molecule has 3 rings (SSSR count). The van der Waals surface area contributed by atoms with Crippen LogP contribution in [-0.2, 0) is 16.0 Å². The summed E-state index contributed by atoms with van der Waals surface area (Å²) in [5, 5.41) is 22.9. The zero-order valence-electron chi connectivity index (χ0n) is 15.7. The van der Waals surface area contributed by atoms with Crippen LogP contribution in [0.3, 0.4) is 0 Å². The molecule has 8 nitrogen and oxygen atoms in total. The molecule has 0 spiro atoms. The van der Waals surface area contributed by atoms with Gasteiger partial charge in [0.2, 0.25) is 5.91 Å². The Bertz CT molecular complexity index is 1010. The Labute approximate surface area is 172 Å². The van der Waals surface area contributed by atoms with Gasteiger partial charge in [0.1, 0.15) is 6.04 Å². The molecule has 3 aromatic rings. The summed E-state index contributed by atoms with van der Waals surface area (Å²) < 4.78 is 1.46. The number of hydrogen-bond acceptors (Lipinski definition) is 5. The molecule has 2 aromatic carbocycles. The molecule has 0 aliphatic rings. The first-order chi connectivity index (χ1) is 13.9. The minimum atomic E-state index is -1.02. The van der Waals surface area contributed by atoms with Crippen LogP contribution in [0.1, 0.15) is 11.1 Å². The number of anilines is 1. The Hall–Kier alpha value is -3.23. The van der Waals surface area contributed by atoms with E-state index in [1.807, 2.05) is 43.3 Å². The third-order valence-electron chi connectivity index (χ3n) is 4.23. The van der Waals surface area contributed by atoms with E-state index in [9.17, 15) is 14.7 Å². The van der Waals surface area contributed by atoms with Gasteiger partial charge in [-0.25, -0.2) is 4.68 Å². The lowest BCUT2D eigenvalue weighted by Gasteiger charge is -2.16. The Morgan fingerprint density at radius 1 is 1.21 bits per heavy atom. The summed E-state index contributed by atoms with van der Waals surface area (Å²) in [7, 11) is 0. The molecule has 0 unspecified atom stereocenters. The average Bonchev–Trinajstić information content (AvgIpc) is 3.12. The number of nitrogens with zero attached hydrogens (tertiary/aromatic N) is 3. The molecule has 0 fully saturated rings. The van der Waals surface area contributed by atoms with Crippen LogP contribution in [-0.4, -0.2) is 44.6 Å². The summed E-state index contributed by atoms with van der Waals surface area (Å²) in [6.07, 6.45) is 1.80. The van der Waals surface area contributed by atoms with Crippen molar-refractivity contribution < 1.29 is 14.7 Å². The van der Waals surface area contributed by atoms with E-state index < -0.39 is 12.0 Å². The molecule has 0 bridgehead atoms. The zero-order valence-corrected chi connectivity index (χ0v) is 16.4. The normalized spacial score (nSPS) is 11.8. The van der Waals surface area contributed by atoms with E-state index in [2.05, 4.69) is 20.9 Å². The van der Waals surface area contributed by atoms with Gasteiger partial charge in [-0.3, -0.25) is 14.9 Å². The number of carboxylic acid groups (broad SMARTS) is 1. The van der Waals surface area contributed by atoms with Crippen molar-refractivity contribution in [3.05, 3.63) is 71.0 Å². The van der Waals surface area contributed by atoms with Crippen molar-refractivity contribution in [3.8, 4) is 5.69 Å². The molecule has 1 heterocycles. The highest BCUT2D eigenvalue weighted by atomic mass is 35.5. The number of benzene rings is 2. The molecule has 9 heteroatoms. The molecule has 1 atom stereocenters. The van der Waals surface area contributed by atoms with Crippen molar-refractivity contribution in [1.29, 1.82) is 0 Å². The van der Waals surface area contributed by atoms with E-state index >= 15 is 0 Å². The standard InChI is InChI=1S/C20H20ClN5O3/c1-13-7-8-17(26-12-18(21)24-25-26)15(9-13)23-19(27)11-22-16(20(28)29)10-14-5-3-2-4-6-14/h2-9,12,16,22H,10-11H2,1H3,(H,23,27)(H,28,29)/t16-/m0/s1. The van der Waals surface area contributed by atoms with Crippen LogP contribution in [0.15, 0.2) is 54.7 Å². The molecule has 150 valence electrons. The minimum absolute atomic E-state index is 0.157. The number of carboxylic acids is 1. The van der Waals surface area contributed by atoms with Crippen molar-refractivity contribution >= 4 is 29.2 Å². The second-order valence-electron chi connectivity index (χ2n) is 6.52. The number of aliphatic carboxylic acids is 1. The van der Waals surface area contributed by atoms with Gasteiger partial charge in [-0.05, 0) is 36.6 Å². The number of amides is 1. The lowest BCUT2D eigenvalue weighted by atomic mass is 10.1. The summed E-state index contributed by atoms with van der Waals surface area (Å²) in [5.41, 5.74) is 2.93. The molecule has 1 amide bonds. The molecular weight excluding hydrogens is 394 g/mol. The quantitative estimate of drug-likeness (QED) is 0.523. The lowest BCUT2D eigenvalue weighted by molar-refractivity contribution is -0.139. The number of rotatable bonds is 8. The van der Waals surface area contributed by atoms with Crippen LogP contribution >= 0.6 is 11.6 Å². The Morgan fingerprint density at radius 2 is 1.97 bits per heavy atom. The SMILES string of the molecule is Cc1ccc(-n2cc(Cl)nn2)c(NC(=O)CN[C@@H](Cc2ccccc2)C(=O)O)c1. The van der Waals surface area contributed by atoms with E-state index in [1.165, 1.54) is 10.9 Å². The molecule has 0 aliphatic carbocycles. The van der Waals surface area contributed by atoms with Crippen LogP contribution < -0.4 is 10.6 Å². The van der Waals surface area contributed by atoms with Gasteiger partial charge in [0.05, 0.1) is 24.1 Å². The lowest BCUT2D eigenvalue weighted by Crippen LogP contribution is -2.42. The van der Waals surface area contributed by atoms with Gasteiger partial charge in [0.25, 0.3) is 0 Å². The summed E-state index contributed by atoms with van der Waals surface area (Å²) in [5.74, 6) is -1.39. The number of carbonyl (C=O) groups is 2. The fourth-order valence-corrected chi connectivity index (χ4v) is 2.94. The van der Waals surface area contributed by atoms with Gasteiger partial charge in [0.15, 0.2) is 5.15 Å². The Balaban J connectivity index is 1.67. The van der Waals surface area contributed by atoms with Gasteiger partial charge >= 0.3 is 5.97 Å². The van der Waals surface area contributed by atoms with Crippen molar-refractivity contribution in [2.75, 3.05) is 11.9 Å². The first-order valence-electron chi connectivity index (χ1n) is 8.91. The fourth-order valence-electron chi connectivity index (χ4n) is 2.82. The second kappa shape index (κ2) is 9.31. The van der Waals surface area contributed by atoms with Crippen LogP contribution in [0.2, 0.25) is 5.15 Å². The van der Waals surface area contributed by atoms with Crippen molar-refractivity contribution in [2.24, 2.45) is 0 Å². The number of aromatic nitrogens is 3. The molecule has 29 heavy (non-hydrogen) atoms. The summed E-state index contributed by atoms with van der Waals surface area (Å²) in [6.45, 7) is 1.74. The average molecular weight is 414 g/mol. The molecule has 3 N–H and O–H groups in total. The highest BCUT2D eigenvalue weighted by Crippen LogP contribution is 2.22. The highest BCUT2D eigenvalue weighted by Gasteiger charge is 2.19. The molecular formula is C20H20ClN5O3. The van der Waals surface area contributed by atoms with Crippen LogP contribution in [0, 0.1) is 6.92 Å². The van der Waals surface area contributed by atoms with Crippen LogP contribution in [0.4, 0.5) is 5.69 Å². The molecule has 0 aliphatic heterocycles. The number of aryl methyl sites for hydroxylation is 1. The zero-order chi connectivity index (χ0) is 20.8. The van der Waals surface area contributed by atoms with Crippen molar-refractivity contribution in [3.63, 3.8) is 0 Å². The molecule has 0 saturated carbocycles. The summed E-state index contributed by atoms with van der Waals surface area (Å²) >= 11 is 5.83. The molecule has 0 radical (unpaired) electrons. The molecule has 0 saturated heterocycles. The number of hydrogen-bond donors (Lipinski definition) is 3. The van der Waals surface area contributed by atoms with Crippen LogP contribution in [0.25, 0.3) is 5.69 Å². The maximum absolute atomic E-state index is 12.5. The van der Waals surface area contributed by atoms with E-state index in [0.29, 0.717) is 11.4 Å². The maximum Gasteiger partial charge on any atom is 0.321 e. The van der Waals surface area contributed by atoms with E-state index in [0.717, 1.165) is 11.1 Å². The largest absolute Gasteiger partial charge is 0.480 e. The fraction of sp³-hybridized carbons (Fsp3) is 0.200. The first kappa shape index (κ1) is 20.5. The minimum Gasteiger partial charge on any atom is -0.480 e. The summed E-state index contributed by atoms with van der Waals surface area (Å²) in [6, 6.07) is 13.8.